The zero-order valence-electron chi connectivity index (χ0n) is 21.2. The van der Waals surface area contributed by atoms with E-state index in [1.807, 2.05) is 0 Å². The van der Waals surface area contributed by atoms with E-state index in [0.717, 1.165) is 17.2 Å². The minimum atomic E-state index is -5.90. The molecule has 1 amide bonds. The minimum absolute atomic E-state index is 0.0344. The van der Waals surface area contributed by atoms with Crippen molar-refractivity contribution in [3.8, 4) is 11.5 Å². The number of fused-ring (bicyclic) bond motifs is 1. The summed E-state index contributed by atoms with van der Waals surface area (Å²) in [5, 5.41) is 13.5. The molecule has 1 fully saturated rings. The minimum Gasteiger partial charge on any atom is -0.497 e. The first-order valence-corrected chi connectivity index (χ1v) is 15.7. The molecule has 230 valence electrons. The molecule has 3 aromatic rings. The topological polar surface area (TPSA) is 306 Å². The summed E-state index contributed by atoms with van der Waals surface area (Å²) in [5.74, 6) is -0.504. The highest BCUT2D eigenvalue weighted by molar-refractivity contribution is 7.66. The van der Waals surface area contributed by atoms with Crippen LogP contribution in [-0.2, 0) is 31.6 Å². The number of phosphoric acid groups is 3. The van der Waals surface area contributed by atoms with E-state index in [9.17, 15) is 33.4 Å². The maximum absolute atomic E-state index is 13.2. The van der Waals surface area contributed by atoms with Gasteiger partial charge in [-0.25, -0.2) is 28.6 Å². The summed E-state index contributed by atoms with van der Waals surface area (Å²) in [5.41, 5.74) is 5.85. The Morgan fingerprint density at radius 2 is 1.64 bits per heavy atom. The van der Waals surface area contributed by atoms with Crippen molar-refractivity contribution in [1.82, 2.24) is 24.8 Å². The molecule has 1 saturated heterocycles. The van der Waals surface area contributed by atoms with Gasteiger partial charge in [0.25, 0.3) is 5.91 Å². The quantitative estimate of drug-likeness (QED) is 0.131. The van der Waals surface area contributed by atoms with Gasteiger partial charge in [0, 0.05) is 11.6 Å². The molecule has 0 radical (unpaired) electrons. The molecule has 42 heavy (non-hydrogen) atoms. The van der Waals surface area contributed by atoms with Crippen molar-refractivity contribution in [2.45, 2.75) is 24.7 Å². The lowest BCUT2D eigenvalue weighted by atomic mass is 10.1. The molecule has 8 N–H and O–H groups in total. The number of nitrogens with two attached hydrogens (primary N) is 1. The maximum atomic E-state index is 13.2. The normalized spacial score (nSPS) is 23.7. The third-order valence-electron chi connectivity index (χ3n) is 5.45. The Kier molecular flexibility index (Phi) is 9.06. The number of nitrogen functional groups attached to an aromatic ring is 1. The lowest BCUT2D eigenvalue weighted by molar-refractivity contribution is -0.117. The standard InChI is InChI=1S/C18H23N6O15P3/c1-34-9-3-8(4-10(5-9)35-2)16(26)23-11-13(25)17(24-7-22-12-14(19)20-6-21-15(12)24)36-18(11)37-41(30,31)39-42(32,33)38-40(27,28)29/h3-7,11,13,17-18,25H,1-2H3,(H,23,26)(H,30,31)(H,32,33)(H2,19,20,21)(H2,27,28,29)/t11-,13?,17-,18-/m1/s1. The van der Waals surface area contributed by atoms with Gasteiger partial charge in [-0.2, -0.15) is 8.62 Å². The molecule has 0 aliphatic carbocycles. The van der Waals surface area contributed by atoms with Gasteiger partial charge in [-0.15, -0.1) is 0 Å². The number of carbonyl (C=O) groups excluding carboxylic acids is 1. The number of amides is 1. The van der Waals surface area contributed by atoms with Crippen molar-refractivity contribution < 1.29 is 70.5 Å². The van der Waals surface area contributed by atoms with Crippen molar-refractivity contribution in [2.75, 3.05) is 20.0 Å². The number of aromatic nitrogens is 4. The zero-order chi connectivity index (χ0) is 31.0. The Labute approximate surface area is 234 Å². The van der Waals surface area contributed by atoms with E-state index in [4.69, 9.17) is 34.3 Å². The van der Waals surface area contributed by atoms with Crippen LogP contribution in [0.25, 0.3) is 11.2 Å². The summed E-state index contributed by atoms with van der Waals surface area (Å²) in [4.78, 5) is 62.1. The Bertz CT molecular complexity index is 1610. The van der Waals surface area contributed by atoms with Gasteiger partial charge < -0.3 is 49.9 Å². The molecule has 2 aromatic heterocycles. The number of imidazole rings is 1. The van der Waals surface area contributed by atoms with E-state index in [1.165, 1.54) is 32.4 Å². The van der Waals surface area contributed by atoms with Gasteiger partial charge in [0.2, 0.25) is 0 Å². The molecule has 3 unspecified atom stereocenters. The number of nitrogens with one attached hydrogen (secondary N) is 1. The van der Waals surface area contributed by atoms with E-state index < -0.39 is 54.0 Å². The number of anilines is 1. The van der Waals surface area contributed by atoms with Crippen LogP contribution in [0.1, 0.15) is 16.6 Å². The average Bonchev–Trinajstić information content (AvgIpc) is 3.43. The number of aliphatic hydroxyl groups is 1. The first-order chi connectivity index (χ1) is 19.5. The van der Waals surface area contributed by atoms with Crippen LogP contribution in [0.15, 0.2) is 30.9 Å². The number of methoxy groups -OCH3 is 2. The molecule has 0 spiro atoms. The van der Waals surface area contributed by atoms with Gasteiger partial charge in [-0.3, -0.25) is 13.9 Å². The van der Waals surface area contributed by atoms with Gasteiger partial charge in [0.05, 0.1) is 20.5 Å². The number of hydrogen-bond donors (Lipinski definition) is 7. The molecule has 0 saturated carbocycles. The van der Waals surface area contributed by atoms with Crippen molar-refractivity contribution in [3.63, 3.8) is 0 Å². The summed E-state index contributed by atoms with van der Waals surface area (Å²) in [6, 6.07) is 2.35. The van der Waals surface area contributed by atoms with Crippen molar-refractivity contribution in [3.05, 3.63) is 36.4 Å². The molecule has 21 nitrogen and oxygen atoms in total. The van der Waals surface area contributed by atoms with E-state index in [-0.39, 0.29) is 34.0 Å². The maximum Gasteiger partial charge on any atom is 0.490 e. The van der Waals surface area contributed by atoms with Crippen LogP contribution in [-0.4, -0.2) is 82.8 Å². The third-order valence-corrected chi connectivity index (χ3v) is 9.25. The molecular weight excluding hydrogens is 633 g/mol. The first-order valence-electron chi connectivity index (χ1n) is 11.1. The summed E-state index contributed by atoms with van der Waals surface area (Å²) in [7, 11) is -14.7. The molecule has 1 aromatic carbocycles. The highest BCUT2D eigenvalue weighted by Gasteiger charge is 2.51. The number of nitrogens with zero attached hydrogens (tertiary/aromatic N) is 4. The van der Waals surface area contributed by atoms with Crippen LogP contribution in [0.2, 0.25) is 0 Å². The second-order valence-electron chi connectivity index (χ2n) is 8.27. The summed E-state index contributed by atoms with van der Waals surface area (Å²) in [6.07, 6.45) is -3.26. The van der Waals surface area contributed by atoms with E-state index in [2.05, 4.69) is 28.9 Å². The third kappa shape index (κ3) is 7.30. The number of hydrogen-bond acceptors (Lipinski definition) is 15. The Morgan fingerprint density at radius 1 is 1.00 bits per heavy atom. The van der Waals surface area contributed by atoms with Crippen LogP contribution in [0, 0.1) is 0 Å². The van der Waals surface area contributed by atoms with E-state index >= 15 is 0 Å². The monoisotopic (exact) mass is 656 g/mol. The molecule has 3 heterocycles. The number of benzene rings is 1. The molecule has 24 heteroatoms. The van der Waals surface area contributed by atoms with E-state index in [1.54, 1.807) is 0 Å². The van der Waals surface area contributed by atoms with Crippen LogP contribution < -0.4 is 20.5 Å². The smallest absolute Gasteiger partial charge is 0.490 e. The molecule has 0 bridgehead atoms. The van der Waals surface area contributed by atoms with Crippen LogP contribution in [0.5, 0.6) is 11.5 Å². The lowest BCUT2D eigenvalue weighted by Gasteiger charge is -2.24. The Morgan fingerprint density at radius 3 is 2.24 bits per heavy atom. The highest BCUT2D eigenvalue weighted by Crippen LogP contribution is 2.67. The Balaban J connectivity index is 1.67. The Hall–Kier alpha value is -3.03. The van der Waals surface area contributed by atoms with Crippen molar-refractivity contribution >= 4 is 46.4 Å². The van der Waals surface area contributed by atoms with Gasteiger partial charge in [0.15, 0.2) is 24.0 Å². The second-order valence-corrected chi connectivity index (χ2v) is 12.6. The fraction of sp³-hybridized carbons (Fsp3) is 0.333. The summed E-state index contributed by atoms with van der Waals surface area (Å²) >= 11 is 0. The molecular formula is C18H23N6O15P3. The predicted octanol–water partition coefficient (Wildman–Crippen LogP) is -0.217. The van der Waals surface area contributed by atoms with Gasteiger partial charge in [-0.1, -0.05) is 0 Å². The fourth-order valence-corrected chi connectivity index (χ4v) is 6.88. The summed E-state index contributed by atoms with van der Waals surface area (Å²) < 4.78 is 64.6. The van der Waals surface area contributed by atoms with Crippen LogP contribution in [0.3, 0.4) is 0 Å². The van der Waals surface area contributed by atoms with Crippen molar-refractivity contribution in [2.24, 2.45) is 0 Å². The lowest BCUT2D eigenvalue weighted by Crippen LogP contribution is -2.47. The van der Waals surface area contributed by atoms with E-state index in [0.29, 0.717) is 0 Å². The summed E-state index contributed by atoms with van der Waals surface area (Å²) in [6.45, 7) is 0. The second kappa shape index (κ2) is 11.9. The molecule has 6 atom stereocenters. The van der Waals surface area contributed by atoms with Crippen LogP contribution in [0.4, 0.5) is 5.82 Å². The van der Waals surface area contributed by atoms with Gasteiger partial charge >= 0.3 is 23.5 Å². The predicted molar refractivity (Wildman–Crippen MR) is 135 cm³/mol. The fourth-order valence-electron chi connectivity index (χ4n) is 3.77. The number of carbonyl (C=O) groups is 1. The van der Waals surface area contributed by atoms with Crippen LogP contribution >= 0.6 is 23.5 Å². The van der Waals surface area contributed by atoms with Gasteiger partial charge in [0.1, 0.15) is 35.5 Å². The zero-order valence-corrected chi connectivity index (χ0v) is 23.9. The number of ether oxygens (including phenoxy) is 3. The SMILES string of the molecule is COc1cc(OC)cc(C(=O)N[C@@H]2C(O)[C@H](n3cnc4c(N)ncnc43)O[C@@H]2OP(=O)(O)OP(=O)(O)OP(=O)(O)O)c1. The number of phosphoric ester groups is 1. The number of aliphatic hydroxyl groups excluding tert-OH is 1. The first kappa shape index (κ1) is 31.9. The van der Waals surface area contributed by atoms with Gasteiger partial charge in [-0.05, 0) is 12.1 Å². The average molecular weight is 656 g/mol. The number of rotatable bonds is 11. The molecule has 1 aliphatic rings. The molecule has 1 aliphatic heterocycles. The molecule has 4 rings (SSSR count). The van der Waals surface area contributed by atoms with Crippen molar-refractivity contribution in [1.29, 1.82) is 0 Å². The largest absolute Gasteiger partial charge is 0.497 e. The highest BCUT2D eigenvalue weighted by atomic mass is 31.3.